The van der Waals surface area contributed by atoms with Crippen LogP contribution in [0.4, 0.5) is 0 Å². The minimum absolute atomic E-state index is 0.106. The van der Waals surface area contributed by atoms with Crippen molar-refractivity contribution in [2.75, 3.05) is 0 Å². The molecule has 0 radical (unpaired) electrons. The molecule has 0 saturated carbocycles. The molecule has 0 heterocycles. The van der Waals surface area contributed by atoms with Crippen molar-refractivity contribution in [3.63, 3.8) is 0 Å². The van der Waals surface area contributed by atoms with E-state index in [1.807, 2.05) is 19.1 Å². The summed E-state index contributed by atoms with van der Waals surface area (Å²) in [4.78, 5) is 9.90. The van der Waals surface area contributed by atoms with E-state index in [0.717, 1.165) is 15.6 Å². The first-order chi connectivity index (χ1) is 5.59. The van der Waals surface area contributed by atoms with E-state index in [9.17, 15) is 10.1 Å². The molecule has 1 aromatic rings. The van der Waals surface area contributed by atoms with Crippen molar-refractivity contribution in [3.05, 3.63) is 43.9 Å². The Bertz CT molecular complexity index is 312. The predicted molar refractivity (Wildman–Crippen MR) is 49.6 cm³/mol. The molecule has 0 fully saturated rings. The minimum Gasteiger partial charge on any atom is -0.264 e. The Hall–Kier alpha value is -0.900. The highest BCUT2D eigenvalue weighted by atomic mass is 79.9. The molecule has 0 saturated heterocycles. The molecule has 0 aliphatic rings. The van der Waals surface area contributed by atoms with Crippen molar-refractivity contribution in [1.82, 2.24) is 0 Å². The molecular formula is C8H8BrNO2. The van der Waals surface area contributed by atoms with E-state index in [1.54, 1.807) is 6.07 Å². The number of nitrogens with zero attached hydrogens (tertiary/aromatic N) is 1. The maximum Gasteiger partial charge on any atom is 0.229 e. The van der Waals surface area contributed by atoms with Gasteiger partial charge in [-0.25, -0.2) is 0 Å². The Morgan fingerprint density at radius 2 is 2.25 bits per heavy atom. The highest BCUT2D eigenvalue weighted by Gasteiger charge is 2.04. The Morgan fingerprint density at radius 1 is 1.58 bits per heavy atom. The summed E-state index contributed by atoms with van der Waals surface area (Å²) in [6.07, 6.45) is 0. The fourth-order valence-corrected chi connectivity index (χ4v) is 1.36. The predicted octanol–water partition coefficient (Wildman–Crippen LogP) is 2.53. The molecule has 12 heavy (non-hydrogen) atoms. The molecule has 1 aromatic carbocycles. The van der Waals surface area contributed by atoms with Crippen LogP contribution in [0.15, 0.2) is 22.7 Å². The number of aryl methyl sites for hydroxylation is 1. The molecule has 0 N–H and O–H groups in total. The zero-order valence-corrected chi connectivity index (χ0v) is 8.17. The molecule has 0 unspecified atom stereocenters. The zero-order chi connectivity index (χ0) is 9.14. The molecule has 3 nitrogen and oxygen atoms in total. The van der Waals surface area contributed by atoms with Gasteiger partial charge in [0.1, 0.15) is 0 Å². The highest BCUT2D eigenvalue weighted by molar-refractivity contribution is 9.10. The van der Waals surface area contributed by atoms with Gasteiger partial charge in [-0.15, -0.1) is 0 Å². The van der Waals surface area contributed by atoms with Crippen molar-refractivity contribution in [3.8, 4) is 0 Å². The Labute approximate surface area is 78.7 Å². The van der Waals surface area contributed by atoms with Gasteiger partial charge in [0.25, 0.3) is 0 Å². The number of hydrogen-bond acceptors (Lipinski definition) is 2. The normalized spacial score (nSPS) is 9.83. The van der Waals surface area contributed by atoms with E-state index in [-0.39, 0.29) is 11.5 Å². The van der Waals surface area contributed by atoms with Gasteiger partial charge < -0.3 is 0 Å². The standard InChI is InChI=1S/C8H8BrNO2/c1-6-2-3-8(9)4-7(6)5-10(11)12/h2-4H,5H2,1H3. The molecule has 1 rings (SSSR count). The Kier molecular flexibility index (Phi) is 2.81. The lowest BCUT2D eigenvalue weighted by Crippen LogP contribution is -1.99. The lowest BCUT2D eigenvalue weighted by atomic mass is 10.1. The molecular weight excluding hydrogens is 222 g/mol. The fraction of sp³-hybridized carbons (Fsp3) is 0.250. The monoisotopic (exact) mass is 229 g/mol. The molecule has 0 aliphatic heterocycles. The van der Waals surface area contributed by atoms with Gasteiger partial charge in [0.15, 0.2) is 0 Å². The van der Waals surface area contributed by atoms with Crippen LogP contribution in [0, 0.1) is 17.0 Å². The molecule has 4 heteroatoms. The molecule has 0 amide bonds. The number of halogens is 1. The van der Waals surface area contributed by atoms with Crippen LogP contribution < -0.4 is 0 Å². The van der Waals surface area contributed by atoms with E-state index in [0.29, 0.717) is 0 Å². The van der Waals surface area contributed by atoms with Gasteiger partial charge in [-0.2, -0.15) is 0 Å². The van der Waals surface area contributed by atoms with Crippen LogP contribution in [0.25, 0.3) is 0 Å². The second kappa shape index (κ2) is 3.67. The van der Waals surface area contributed by atoms with E-state index in [1.165, 1.54) is 0 Å². The quantitative estimate of drug-likeness (QED) is 0.578. The van der Waals surface area contributed by atoms with Gasteiger partial charge in [-0.1, -0.05) is 22.0 Å². The van der Waals surface area contributed by atoms with Gasteiger partial charge in [-0.3, -0.25) is 10.1 Å². The van der Waals surface area contributed by atoms with Gasteiger partial charge in [-0.05, 0) is 24.6 Å². The summed E-state index contributed by atoms with van der Waals surface area (Å²) in [5.74, 6) is 0. The van der Waals surface area contributed by atoms with Crippen LogP contribution >= 0.6 is 15.9 Å². The summed E-state index contributed by atoms with van der Waals surface area (Å²) in [5, 5.41) is 10.2. The van der Waals surface area contributed by atoms with Crippen LogP contribution in [0.5, 0.6) is 0 Å². The van der Waals surface area contributed by atoms with E-state index < -0.39 is 0 Å². The molecule has 0 atom stereocenters. The van der Waals surface area contributed by atoms with Crippen LogP contribution in [-0.2, 0) is 6.54 Å². The second-order valence-electron chi connectivity index (χ2n) is 2.56. The number of nitro groups is 1. The first-order valence-electron chi connectivity index (χ1n) is 3.46. The maximum atomic E-state index is 10.2. The van der Waals surface area contributed by atoms with Crippen molar-refractivity contribution in [1.29, 1.82) is 0 Å². The summed E-state index contributed by atoms with van der Waals surface area (Å²) in [5.41, 5.74) is 1.71. The molecule has 0 aliphatic carbocycles. The van der Waals surface area contributed by atoms with E-state index in [4.69, 9.17) is 0 Å². The van der Waals surface area contributed by atoms with Crippen LogP contribution in [0.2, 0.25) is 0 Å². The lowest BCUT2D eigenvalue weighted by Gasteiger charge is -2.00. The Morgan fingerprint density at radius 3 is 2.83 bits per heavy atom. The number of rotatable bonds is 2. The lowest BCUT2D eigenvalue weighted by molar-refractivity contribution is -0.496. The van der Waals surface area contributed by atoms with Gasteiger partial charge in [0.05, 0.1) is 0 Å². The smallest absolute Gasteiger partial charge is 0.229 e. The topological polar surface area (TPSA) is 43.1 Å². The van der Waals surface area contributed by atoms with Crippen molar-refractivity contribution in [2.45, 2.75) is 13.5 Å². The Balaban J connectivity index is 2.97. The largest absolute Gasteiger partial charge is 0.264 e. The minimum atomic E-state index is -0.325. The SMILES string of the molecule is Cc1ccc(Br)cc1C[N+](=O)[O-]. The third kappa shape index (κ3) is 2.30. The maximum absolute atomic E-state index is 10.2. The first-order valence-corrected chi connectivity index (χ1v) is 4.25. The zero-order valence-electron chi connectivity index (χ0n) is 6.58. The van der Waals surface area contributed by atoms with E-state index in [2.05, 4.69) is 15.9 Å². The average molecular weight is 230 g/mol. The summed E-state index contributed by atoms with van der Waals surface area (Å²) in [6, 6.07) is 5.51. The average Bonchev–Trinajstić information content (AvgIpc) is 1.96. The highest BCUT2D eigenvalue weighted by Crippen LogP contribution is 2.16. The number of benzene rings is 1. The summed E-state index contributed by atoms with van der Waals surface area (Å²) in [7, 11) is 0. The van der Waals surface area contributed by atoms with Gasteiger partial charge >= 0.3 is 0 Å². The fourth-order valence-electron chi connectivity index (χ4n) is 0.949. The third-order valence-electron chi connectivity index (χ3n) is 1.61. The van der Waals surface area contributed by atoms with Crippen molar-refractivity contribution < 1.29 is 4.92 Å². The van der Waals surface area contributed by atoms with Crippen LogP contribution in [0.1, 0.15) is 11.1 Å². The van der Waals surface area contributed by atoms with Gasteiger partial charge in [0, 0.05) is 15.0 Å². The molecule has 0 bridgehead atoms. The number of hydrogen-bond donors (Lipinski definition) is 0. The molecule has 0 spiro atoms. The van der Waals surface area contributed by atoms with Crippen LogP contribution in [-0.4, -0.2) is 4.92 Å². The third-order valence-corrected chi connectivity index (χ3v) is 2.10. The second-order valence-corrected chi connectivity index (χ2v) is 3.48. The first kappa shape index (κ1) is 9.19. The summed E-state index contributed by atoms with van der Waals surface area (Å²) < 4.78 is 0.880. The van der Waals surface area contributed by atoms with Crippen molar-refractivity contribution in [2.24, 2.45) is 0 Å². The molecule has 64 valence electrons. The summed E-state index contributed by atoms with van der Waals surface area (Å²) >= 11 is 3.26. The van der Waals surface area contributed by atoms with Crippen LogP contribution in [0.3, 0.4) is 0 Å². The van der Waals surface area contributed by atoms with Crippen molar-refractivity contribution >= 4 is 15.9 Å². The molecule has 0 aromatic heterocycles. The van der Waals surface area contributed by atoms with E-state index >= 15 is 0 Å². The summed E-state index contributed by atoms with van der Waals surface area (Å²) in [6.45, 7) is 1.76. The van der Waals surface area contributed by atoms with Gasteiger partial charge in [0.2, 0.25) is 6.54 Å².